The van der Waals surface area contributed by atoms with Crippen LogP contribution in [0.4, 0.5) is 10.5 Å². The Morgan fingerprint density at radius 2 is 1.64 bits per heavy atom. The van der Waals surface area contributed by atoms with Crippen molar-refractivity contribution in [3.63, 3.8) is 0 Å². The number of anilines is 1. The maximum Gasteiger partial charge on any atom is 0.319 e. The van der Waals surface area contributed by atoms with Crippen LogP contribution in [0.1, 0.15) is 12.8 Å². The molecule has 3 atom stereocenters. The van der Waals surface area contributed by atoms with Gasteiger partial charge in [0.25, 0.3) is 5.91 Å². The van der Waals surface area contributed by atoms with Gasteiger partial charge >= 0.3 is 6.03 Å². The van der Waals surface area contributed by atoms with Crippen LogP contribution in [0.5, 0.6) is 0 Å². The number of fused-ring (bicyclic) bond motifs is 1. The van der Waals surface area contributed by atoms with Crippen molar-refractivity contribution < 1.29 is 23.2 Å². The summed E-state index contributed by atoms with van der Waals surface area (Å²) in [4.78, 5) is 30.5. The molecule has 1 aromatic rings. The Morgan fingerprint density at radius 3 is 2.15 bits per heavy atom. The monoisotopic (exact) mass is 479 g/mol. The smallest absolute Gasteiger partial charge is 0.319 e. The molecular formula is C22H33N5O5S. The van der Waals surface area contributed by atoms with Gasteiger partial charge < -0.3 is 14.7 Å². The molecule has 0 aromatic heterocycles. The number of piperazine rings is 1. The molecule has 1 unspecified atom stereocenters. The van der Waals surface area contributed by atoms with E-state index in [-0.39, 0.29) is 23.6 Å². The molecule has 0 spiro atoms. The minimum Gasteiger partial charge on any atom is -0.369 e. The summed E-state index contributed by atoms with van der Waals surface area (Å²) in [5, 5.41) is 9.42. The van der Waals surface area contributed by atoms with Gasteiger partial charge in [-0.1, -0.05) is 18.2 Å². The summed E-state index contributed by atoms with van der Waals surface area (Å²) in [5.41, 5.74) is 1.60. The van der Waals surface area contributed by atoms with Crippen molar-refractivity contribution in [3.8, 4) is 0 Å². The summed E-state index contributed by atoms with van der Waals surface area (Å²) in [6.45, 7) is 2.86. The van der Waals surface area contributed by atoms with Gasteiger partial charge in [-0.05, 0) is 36.8 Å². The third kappa shape index (κ3) is 4.67. The Hall–Kier alpha value is -2.37. The van der Waals surface area contributed by atoms with Crippen LogP contribution in [0.2, 0.25) is 0 Å². The molecule has 10 nitrogen and oxygen atoms in total. The number of hydrogen-bond acceptors (Lipinski definition) is 6. The number of amides is 3. The van der Waals surface area contributed by atoms with Gasteiger partial charge in [0.2, 0.25) is 10.0 Å². The van der Waals surface area contributed by atoms with Crippen LogP contribution in [0.25, 0.3) is 0 Å². The third-order valence-electron chi connectivity index (χ3n) is 7.33. The first-order valence-corrected chi connectivity index (χ1v) is 12.9. The molecule has 182 valence electrons. The minimum atomic E-state index is -3.71. The lowest BCUT2D eigenvalue weighted by atomic mass is 9.86. The molecule has 4 rings (SSSR count). The van der Waals surface area contributed by atoms with Crippen molar-refractivity contribution in [1.82, 2.24) is 19.6 Å². The number of rotatable bonds is 5. The van der Waals surface area contributed by atoms with Crippen LogP contribution in [-0.4, -0.2) is 98.8 Å². The number of likely N-dealkylation sites (tertiary alicyclic amines) is 1. The number of hydroxylamine groups is 1. The Kier molecular flexibility index (Phi) is 6.56. The molecule has 0 radical (unpaired) electrons. The summed E-state index contributed by atoms with van der Waals surface area (Å²) in [6, 6.07) is 9.80. The Balaban J connectivity index is 1.43. The van der Waals surface area contributed by atoms with E-state index >= 15 is 0 Å². The molecule has 2 heterocycles. The van der Waals surface area contributed by atoms with Crippen LogP contribution in [0.15, 0.2) is 30.3 Å². The molecule has 33 heavy (non-hydrogen) atoms. The number of carbonyl (C=O) groups is 2. The average molecular weight is 480 g/mol. The van der Waals surface area contributed by atoms with E-state index in [1.807, 2.05) is 30.3 Å². The zero-order valence-corrected chi connectivity index (χ0v) is 20.0. The predicted molar refractivity (Wildman–Crippen MR) is 123 cm³/mol. The summed E-state index contributed by atoms with van der Waals surface area (Å²) < 4.78 is 28.2. The van der Waals surface area contributed by atoms with Crippen LogP contribution in [-0.2, 0) is 14.8 Å². The zero-order chi connectivity index (χ0) is 23.8. The summed E-state index contributed by atoms with van der Waals surface area (Å²) in [7, 11) is -0.317. The quantitative estimate of drug-likeness (QED) is 0.474. The standard InChI is InChI=1S/C22H33N5O5S/c1-24(2)21(29)26-14-17-12-22(20(28)23-30,13-18(17)15-26)16-33(31,32)27-10-8-25(9-11-27)19-6-4-3-5-7-19/h3-7,17-18,30H,8-16H2,1-2H3,(H,23,28)/t17-,18+,22?. The SMILES string of the molecule is CN(C)C(=O)N1C[C@@H]2CC(CS(=O)(=O)N3CCN(c4ccccc4)CC3)(C(=O)NO)C[C@@H]2C1. The molecule has 3 aliphatic rings. The van der Waals surface area contributed by atoms with Crippen molar-refractivity contribution in [2.24, 2.45) is 17.3 Å². The highest BCUT2D eigenvalue weighted by atomic mass is 32.2. The molecule has 2 aliphatic heterocycles. The van der Waals surface area contributed by atoms with Crippen molar-refractivity contribution in [2.45, 2.75) is 12.8 Å². The average Bonchev–Trinajstić information content (AvgIpc) is 3.35. The first-order valence-electron chi connectivity index (χ1n) is 11.3. The van der Waals surface area contributed by atoms with Gasteiger partial charge in [-0.25, -0.2) is 18.7 Å². The highest BCUT2D eigenvalue weighted by molar-refractivity contribution is 7.89. The highest BCUT2D eigenvalue weighted by Crippen LogP contribution is 2.50. The van der Waals surface area contributed by atoms with Crippen LogP contribution in [0, 0.1) is 17.3 Å². The predicted octanol–water partition coefficient (Wildman–Crippen LogP) is 0.654. The lowest BCUT2D eigenvalue weighted by Crippen LogP contribution is -2.53. The minimum absolute atomic E-state index is 0.0383. The number of nitrogens with one attached hydrogen (secondary N) is 1. The molecule has 1 aliphatic carbocycles. The normalized spacial score (nSPS) is 28.0. The van der Waals surface area contributed by atoms with E-state index in [2.05, 4.69) is 4.90 Å². The molecule has 1 aromatic carbocycles. The molecule has 1 saturated carbocycles. The van der Waals surface area contributed by atoms with Crippen LogP contribution >= 0.6 is 0 Å². The largest absolute Gasteiger partial charge is 0.369 e. The van der Waals surface area contributed by atoms with Crippen LogP contribution < -0.4 is 10.4 Å². The van der Waals surface area contributed by atoms with Crippen molar-refractivity contribution in [2.75, 3.05) is 64.0 Å². The fourth-order valence-corrected chi connectivity index (χ4v) is 7.69. The second-order valence-electron chi connectivity index (χ2n) is 9.71. The van der Waals surface area contributed by atoms with E-state index in [4.69, 9.17) is 0 Å². The van der Waals surface area contributed by atoms with Gasteiger partial charge in [0.05, 0.1) is 11.2 Å². The fourth-order valence-electron chi connectivity index (χ4n) is 5.72. The number of sulfonamides is 1. The lowest BCUT2D eigenvalue weighted by molar-refractivity contribution is -0.138. The molecule has 3 fully saturated rings. The third-order valence-corrected chi connectivity index (χ3v) is 9.40. The van der Waals surface area contributed by atoms with E-state index in [0.29, 0.717) is 52.1 Å². The number of urea groups is 1. The van der Waals surface area contributed by atoms with Crippen LogP contribution in [0.3, 0.4) is 0 Å². The number of para-hydroxylation sites is 1. The van der Waals surface area contributed by atoms with Gasteiger partial charge in [0.15, 0.2) is 0 Å². The molecule has 0 bridgehead atoms. The molecule has 3 amide bonds. The summed E-state index contributed by atoms with van der Waals surface area (Å²) in [5.74, 6) is -0.895. The Morgan fingerprint density at radius 1 is 1.06 bits per heavy atom. The van der Waals surface area contributed by atoms with E-state index in [1.165, 1.54) is 9.21 Å². The molecule has 11 heteroatoms. The van der Waals surface area contributed by atoms with Gasteiger partial charge in [-0.2, -0.15) is 4.31 Å². The molecular weight excluding hydrogens is 446 g/mol. The maximum absolute atomic E-state index is 13.4. The number of hydrogen-bond donors (Lipinski definition) is 2. The van der Waals surface area contributed by atoms with E-state index in [9.17, 15) is 23.2 Å². The van der Waals surface area contributed by atoms with Crippen molar-refractivity contribution >= 4 is 27.6 Å². The Labute approximate surface area is 195 Å². The first-order chi connectivity index (χ1) is 15.6. The topological polar surface area (TPSA) is 114 Å². The number of nitrogens with zero attached hydrogens (tertiary/aromatic N) is 4. The second kappa shape index (κ2) is 9.11. The van der Waals surface area contributed by atoms with E-state index in [1.54, 1.807) is 24.5 Å². The van der Waals surface area contributed by atoms with Crippen molar-refractivity contribution in [1.29, 1.82) is 0 Å². The van der Waals surface area contributed by atoms with Gasteiger partial charge in [0, 0.05) is 59.1 Å². The van der Waals surface area contributed by atoms with Crippen molar-refractivity contribution in [3.05, 3.63) is 30.3 Å². The number of carbonyl (C=O) groups excluding carboxylic acids is 2. The van der Waals surface area contributed by atoms with Gasteiger partial charge in [-0.3, -0.25) is 10.0 Å². The molecule has 2 saturated heterocycles. The molecule has 2 N–H and O–H groups in total. The Bertz CT molecular complexity index is 964. The maximum atomic E-state index is 13.4. The van der Waals surface area contributed by atoms with E-state index in [0.717, 1.165) is 5.69 Å². The zero-order valence-electron chi connectivity index (χ0n) is 19.2. The summed E-state index contributed by atoms with van der Waals surface area (Å²) in [6.07, 6.45) is 0.676. The lowest BCUT2D eigenvalue weighted by Gasteiger charge is -2.37. The van der Waals surface area contributed by atoms with Gasteiger partial charge in [0.1, 0.15) is 0 Å². The van der Waals surface area contributed by atoms with Gasteiger partial charge in [-0.15, -0.1) is 0 Å². The van der Waals surface area contributed by atoms with E-state index < -0.39 is 21.3 Å². The fraction of sp³-hybridized carbons (Fsp3) is 0.636. The first kappa shape index (κ1) is 23.8. The second-order valence-corrected chi connectivity index (χ2v) is 11.7. The highest BCUT2D eigenvalue weighted by Gasteiger charge is 2.56. The summed E-state index contributed by atoms with van der Waals surface area (Å²) >= 11 is 0. The number of benzene rings is 1.